The fourth-order valence-electron chi connectivity index (χ4n) is 1.37. The molecule has 0 bridgehead atoms. The van der Waals surface area contributed by atoms with E-state index in [4.69, 9.17) is 11.5 Å². The van der Waals surface area contributed by atoms with E-state index in [0.717, 1.165) is 18.8 Å². The molecule has 0 saturated heterocycles. The molecular weight excluding hydrogens is 100 g/mol. The van der Waals surface area contributed by atoms with Crippen LogP contribution in [0.5, 0.6) is 0 Å². The van der Waals surface area contributed by atoms with Crippen LogP contribution in [0.4, 0.5) is 0 Å². The van der Waals surface area contributed by atoms with Gasteiger partial charge in [0.2, 0.25) is 0 Å². The minimum absolute atomic E-state index is 0.334. The van der Waals surface area contributed by atoms with Gasteiger partial charge in [0.15, 0.2) is 0 Å². The van der Waals surface area contributed by atoms with Crippen LogP contribution < -0.4 is 11.5 Å². The van der Waals surface area contributed by atoms with Crippen LogP contribution in [0.3, 0.4) is 0 Å². The van der Waals surface area contributed by atoms with Gasteiger partial charge in [0.25, 0.3) is 0 Å². The van der Waals surface area contributed by atoms with Crippen molar-refractivity contribution in [3.05, 3.63) is 0 Å². The van der Waals surface area contributed by atoms with Crippen LogP contribution in [-0.4, -0.2) is 5.66 Å². The smallest absolute Gasteiger partial charge is 0.0639 e. The third kappa shape index (κ3) is 1.20. The van der Waals surface area contributed by atoms with Gasteiger partial charge < -0.3 is 11.5 Å². The fraction of sp³-hybridized carbons (Fsp3) is 1.00. The normalized spacial score (nSPS) is 35.6. The molecule has 0 aromatic rings. The largest absolute Gasteiger partial charge is 0.313 e. The second kappa shape index (κ2) is 1.71. The summed E-state index contributed by atoms with van der Waals surface area (Å²) in [5, 5.41) is 0. The van der Waals surface area contributed by atoms with E-state index in [1.54, 1.807) is 0 Å². The van der Waals surface area contributed by atoms with Gasteiger partial charge in [0.05, 0.1) is 5.66 Å². The van der Waals surface area contributed by atoms with E-state index in [9.17, 15) is 0 Å². The Balaban J connectivity index is 2.44. The first-order valence-electron chi connectivity index (χ1n) is 3.18. The molecule has 1 saturated carbocycles. The van der Waals surface area contributed by atoms with E-state index in [1.165, 1.54) is 6.42 Å². The van der Waals surface area contributed by atoms with E-state index in [-0.39, 0.29) is 5.66 Å². The van der Waals surface area contributed by atoms with E-state index in [2.05, 4.69) is 6.92 Å². The van der Waals surface area contributed by atoms with Gasteiger partial charge in [-0.15, -0.1) is 0 Å². The molecule has 1 fully saturated rings. The Morgan fingerprint density at radius 3 is 2.25 bits per heavy atom. The molecule has 0 aromatic carbocycles. The number of nitrogens with two attached hydrogens (primary N) is 2. The topological polar surface area (TPSA) is 52.0 Å². The first kappa shape index (κ1) is 6.05. The van der Waals surface area contributed by atoms with Crippen molar-refractivity contribution in [3.63, 3.8) is 0 Å². The van der Waals surface area contributed by atoms with Crippen molar-refractivity contribution in [3.8, 4) is 0 Å². The van der Waals surface area contributed by atoms with Gasteiger partial charge in [0, 0.05) is 0 Å². The van der Waals surface area contributed by atoms with E-state index in [0.29, 0.717) is 0 Å². The zero-order chi connectivity index (χ0) is 6.20. The average molecular weight is 114 g/mol. The summed E-state index contributed by atoms with van der Waals surface area (Å²) in [5.74, 6) is 0.741. The van der Waals surface area contributed by atoms with Crippen molar-refractivity contribution in [2.75, 3.05) is 0 Å². The molecule has 2 nitrogen and oxygen atoms in total. The molecule has 48 valence electrons. The lowest BCUT2D eigenvalue weighted by molar-refractivity contribution is 0.439. The molecule has 0 amide bonds. The van der Waals surface area contributed by atoms with Crippen LogP contribution in [0, 0.1) is 5.92 Å². The molecule has 0 aliphatic heterocycles. The minimum atomic E-state index is -0.334. The van der Waals surface area contributed by atoms with E-state index >= 15 is 0 Å². The maximum atomic E-state index is 5.65. The molecule has 4 N–H and O–H groups in total. The number of hydrogen-bond donors (Lipinski definition) is 2. The Hall–Kier alpha value is -0.0800. The minimum Gasteiger partial charge on any atom is -0.313 e. The summed E-state index contributed by atoms with van der Waals surface area (Å²) in [6.45, 7) is 2.20. The van der Waals surface area contributed by atoms with Crippen molar-refractivity contribution in [2.45, 2.75) is 31.8 Å². The molecule has 0 heterocycles. The number of hydrogen-bond acceptors (Lipinski definition) is 2. The molecule has 0 spiro atoms. The molecule has 1 rings (SSSR count). The van der Waals surface area contributed by atoms with Crippen molar-refractivity contribution in [1.82, 2.24) is 0 Å². The first-order valence-corrected chi connectivity index (χ1v) is 3.18. The van der Waals surface area contributed by atoms with E-state index in [1.807, 2.05) is 0 Å². The van der Waals surface area contributed by atoms with Crippen molar-refractivity contribution in [2.24, 2.45) is 17.4 Å². The third-order valence-electron chi connectivity index (χ3n) is 1.83. The van der Waals surface area contributed by atoms with Crippen molar-refractivity contribution < 1.29 is 0 Å². The molecule has 0 aromatic heterocycles. The maximum Gasteiger partial charge on any atom is 0.0639 e. The SMILES string of the molecule is CC1CCC(N)(N)C1. The van der Waals surface area contributed by atoms with Crippen LogP contribution in [-0.2, 0) is 0 Å². The summed E-state index contributed by atoms with van der Waals surface area (Å²) in [4.78, 5) is 0. The summed E-state index contributed by atoms with van der Waals surface area (Å²) in [6.07, 6.45) is 3.19. The Labute approximate surface area is 50.2 Å². The van der Waals surface area contributed by atoms with Crippen LogP contribution in [0.1, 0.15) is 26.2 Å². The molecule has 1 unspecified atom stereocenters. The zero-order valence-electron chi connectivity index (χ0n) is 5.35. The molecule has 1 atom stereocenters. The Morgan fingerprint density at radius 1 is 1.50 bits per heavy atom. The Kier molecular flexibility index (Phi) is 1.29. The highest BCUT2D eigenvalue weighted by Crippen LogP contribution is 2.27. The average Bonchev–Trinajstić information content (AvgIpc) is 1.82. The summed E-state index contributed by atoms with van der Waals surface area (Å²) in [7, 11) is 0. The van der Waals surface area contributed by atoms with Gasteiger partial charge in [0.1, 0.15) is 0 Å². The van der Waals surface area contributed by atoms with Gasteiger partial charge in [-0.3, -0.25) is 0 Å². The Morgan fingerprint density at radius 2 is 2.12 bits per heavy atom. The predicted octanol–water partition coefficient (Wildman–Crippen LogP) is 0.420. The van der Waals surface area contributed by atoms with Gasteiger partial charge in [-0.05, 0) is 25.2 Å². The maximum absolute atomic E-state index is 5.65. The summed E-state index contributed by atoms with van der Waals surface area (Å²) >= 11 is 0. The standard InChI is InChI=1S/C6H14N2/c1-5-2-3-6(7,8)4-5/h5H,2-4,7-8H2,1H3. The Bertz CT molecular complexity index is 88.5. The van der Waals surface area contributed by atoms with Gasteiger partial charge in [-0.2, -0.15) is 0 Å². The molecular formula is C6H14N2. The highest BCUT2D eigenvalue weighted by molar-refractivity contribution is 4.85. The zero-order valence-corrected chi connectivity index (χ0v) is 5.35. The molecule has 0 radical (unpaired) electrons. The van der Waals surface area contributed by atoms with Crippen LogP contribution in [0.15, 0.2) is 0 Å². The number of rotatable bonds is 0. The van der Waals surface area contributed by atoms with Crippen LogP contribution in [0.25, 0.3) is 0 Å². The third-order valence-corrected chi connectivity index (χ3v) is 1.83. The second-order valence-corrected chi connectivity index (χ2v) is 3.08. The highest BCUT2D eigenvalue weighted by Gasteiger charge is 2.28. The monoisotopic (exact) mass is 114 g/mol. The quantitative estimate of drug-likeness (QED) is 0.448. The first-order chi connectivity index (χ1) is 3.60. The summed E-state index contributed by atoms with van der Waals surface area (Å²) in [5.41, 5.74) is 11.0. The highest BCUT2D eigenvalue weighted by atomic mass is 15.0. The lowest BCUT2D eigenvalue weighted by Crippen LogP contribution is -2.46. The predicted molar refractivity (Wildman–Crippen MR) is 34.1 cm³/mol. The fourth-order valence-corrected chi connectivity index (χ4v) is 1.37. The van der Waals surface area contributed by atoms with Gasteiger partial charge in [-0.25, -0.2) is 0 Å². The molecule has 2 heteroatoms. The van der Waals surface area contributed by atoms with Gasteiger partial charge in [-0.1, -0.05) is 6.92 Å². The van der Waals surface area contributed by atoms with E-state index < -0.39 is 0 Å². The van der Waals surface area contributed by atoms with Crippen LogP contribution in [0.2, 0.25) is 0 Å². The lowest BCUT2D eigenvalue weighted by atomic mass is 10.1. The molecule has 1 aliphatic rings. The van der Waals surface area contributed by atoms with Gasteiger partial charge >= 0.3 is 0 Å². The second-order valence-electron chi connectivity index (χ2n) is 3.08. The van der Waals surface area contributed by atoms with Crippen molar-refractivity contribution in [1.29, 1.82) is 0 Å². The summed E-state index contributed by atoms with van der Waals surface area (Å²) < 4.78 is 0. The van der Waals surface area contributed by atoms with Crippen LogP contribution >= 0.6 is 0 Å². The van der Waals surface area contributed by atoms with Crippen molar-refractivity contribution >= 4 is 0 Å². The molecule has 8 heavy (non-hydrogen) atoms. The summed E-state index contributed by atoms with van der Waals surface area (Å²) in [6, 6.07) is 0. The molecule has 1 aliphatic carbocycles. The lowest BCUT2D eigenvalue weighted by Gasteiger charge is -2.15.